The zero-order valence-electron chi connectivity index (χ0n) is 20.3. The van der Waals surface area contributed by atoms with Crippen LogP contribution < -0.4 is 11.2 Å². The van der Waals surface area contributed by atoms with Gasteiger partial charge in [-0.15, -0.1) is 6.42 Å². The summed E-state index contributed by atoms with van der Waals surface area (Å²) in [6, 6.07) is 1.33. The number of hydrogen-bond donors (Lipinski definition) is 1. The first-order valence-corrected chi connectivity index (χ1v) is 14.5. The van der Waals surface area contributed by atoms with Crippen LogP contribution in [-0.2, 0) is 13.9 Å². The Morgan fingerprint density at radius 2 is 1.91 bits per heavy atom. The van der Waals surface area contributed by atoms with E-state index in [1.165, 1.54) is 16.8 Å². The van der Waals surface area contributed by atoms with Gasteiger partial charge in [-0.3, -0.25) is 24.1 Å². The summed E-state index contributed by atoms with van der Waals surface area (Å²) in [7, 11) is -2.16. The van der Waals surface area contributed by atoms with Crippen LogP contribution in [0, 0.1) is 12.3 Å². The lowest BCUT2D eigenvalue weighted by atomic mass is 9.98. The highest BCUT2D eigenvalue weighted by Crippen LogP contribution is 2.49. The molecule has 1 aromatic heterocycles. The Labute approximate surface area is 196 Å². The lowest BCUT2D eigenvalue weighted by Gasteiger charge is -2.43. The fraction of sp³-hybridized carbons (Fsp3) is 0.739. The number of nitrogens with zero attached hydrogens (tertiary/aromatic N) is 3. The van der Waals surface area contributed by atoms with Gasteiger partial charge in [0, 0.05) is 45.0 Å². The molecule has 0 amide bonds. The van der Waals surface area contributed by atoms with E-state index in [2.05, 4.69) is 54.6 Å². The van der Waals surface area contributed by atoms with Crippen molar-refractivity contribution in [3.63, 3.8) is 0 Å². The summed E-state index contributed by atoms with van der Waals surface area (Å²) in [6.07, 6.45) is 5.57. The Balaban J connectivity index is 1.62. The third kappa shape index (κ3) is 4.63. The molecule has 1 unspecified atom stereocenters. The van der Waals surface area contributed by atoms with Crippen LogP contribution in [0.2, 0.25) is 18.1 Å². The molecule has 3 saturated heterocycles. The van der Waals surface area contributed by atoms with Crippen LogP contribution in [0.3, 0.4) is 0 Å². The third-order valence-corrected chi connectivity index (χ3v) is 12.1. The van der Waals surface area contributed by atoms with E-state index in [4.69, 9.17) is 20.3 Å². The molecule has 2 bridgehead atoms. The number of piperazine rings is 1. The quantitative estimate of drug-likeness (QED) is 0.481. The zero-order valence-corrected chi connectivity index (χ0v) is 21.3. The summed E-state index contributed by atoms with van der Waals surface area (Å²) < 4.78 is 21.2. The molecule has 10 heteroatoms. The van der Waals surface area contributed by atoms with E-state index >= 15 is 0 Å². The minimum atomic E-state index is -2.16. The Kier molecular flexibility index (Phi) is 6.50. The van der Waals surface area contributed by atoms with E-state index in [1.54, 1.807) is 0 Å². The number of aromatic amines is 1. The number of ether oxygens (including phenoxy) is 2. The highest BCUT2D eigenvalue weighted by atomic mass is 28.4. The van der Waals surface area contributed by atoms with Crippen molar-refractivity contribution in [2.75, 3.05) is 45.9 Å². The van der Waals surface area contributed by atoms with Crippen LogP contribution in [0.25, 0.3) is 0 Å². The standard InChI is InChI=1S/C23H36N4O5Si/c1-7-9-25-11-13-26(14-12-25)15-23-16-30-18(19(23)32-33(5,6)22(2,3)4)20(31-23)27-10-8-17(28)24-21(27)29/h1,8,10,18-20H,9,11-16H2,2-6H3,(H,24,28,29)/t18-,19?,20+,23-/m0/s1. The molecule has 1 aromatic rings. The zero-order chi connectivity index (χ0) is 24.0. The van der Waals surface area contributed by atoms with Crippen molar-refractivity contribution < 1.29 is 13.9 Å². The highest BCUT2D eigenvalue weighted by molar-refractivity contribution is 6.74. The predicted octanol–water partition coefficient (Wildman–Crippen LogP) is 0.844. The fourth-order valence-electron chi connectivity index (χ4n) is 4.64. The van der Waals surface area contributed by atoms with Gasteiger partial charge in [0.1, 0.15) is 17.8 Å². The molecule has 4 heterocycles. The van der Waals surface area contributed by atoms with Gasteiger partial charge in [-0.05, 0) is 18.1 Å². The van der Waals surface area contributed by atoms with Crippen LogP contribution in [0.1, 0.15) is 27.0 Å². The molecule has 4 atom stereocenters. The van der Waals surface area contributed by atoms with Crippen LogP contribution >= 0.6 is 0 Å². The molecule has 0 aliphatic carbocycles. The van der Waals surface area contributed by atoms with Gasteiger partial charge < -0.3 is 13.9 Å². The van der Waals surface area contributed by atoms with Gasteiger partial charge in [0.25, 0.3) is 5.56 Å². The van der Waals surface area contributed by atoms with Crippen molar-refractivity contribution in [1.29, 1.82) is 0 Å². The normalized spacial score (nSPS) is 31.1. The molecule has 33 heavy (non-hydrogen) atoms. The van der Waals surface area contributed by atoms with Crippen LogP contribution in [0.5, 0.6) is 0 Å². The molecule has 1 N–H and O–H groups in total. The van der Waals surface area contributed by atoms with Gasteiger partial charge in [-0.2, -0.15) is 0 Å². The maximum atomic E-state index is 12.6. The first kappa shape index (κ1) is 24.4. The Hall–Kier alpha value is -1.74. The summed E-state index contributed by atoms with van der Waals surface area (Å²) in [5.74, 6) is 2.72. The Morgan fingerprint density at radius 1 is 1.24 bits per heavy atom. The Bertz CT molecular complexity index is 1020. The molecule has 4 rings (SSSR count). The number of rotatable bonds is 6. The fourth-order valence-corrected chi connectivity index (χ4v) is 5.98. The number of fused-ring (bicyclic) bond motifs is 2. The van der Waals surface area contributed by atoms with Crippen molar-refractivity contribution in [1.82, 2.24) is 19.4 Å². The van der Waals surface area contributed by atoms with E-state index in [1.807, 2.05) is 0 Å². The lowest BCUT2D eigenvalue weighted by Crippen LogP contribution is -2.58. The van der Waals surface area contributed by atoms with E-state index in [0.29, 0.717) is 19.7 Å². The van der Waals surface area contributed by atoms with Crippen molar-refractivity contribution in [3.05, 3.63) is 33.1 Å². The monoisotopic (exact) mass is 476 g/mol. The molecule has 0 radical (unpaired) electrons. The SMILES string of the molecule is C#CCN1CCN(C[C@]23CO[C@@H](C2O[Si](C)(C)C(C)(C)C)[C@H](n2ccc(=O)[nH]c2=O)O3)CC1. The van der Waals surface area contributed by atoms with Gasteiger partial charge in [0.15, 0.2) is 14.5 Å². The van der Waals surface area contributed by atoms with Crippen LogP contribution in [0.15, 0.2) is 21.9 Å². The molecular formula is C23H36N4O5Si. The summed E-state index contributed by atoms with van der Waals surface area (Å²) in [5, 5.41) is 0.0153. The molecule has 3 fully saturated rings. The minimum absolute atomic E-state index is 0.0153. The van der Waals surface area contributed by atoms with Crippen LogP contribution in [0.4, 0.5) is 0 Å². The Morgan fingerprint density at radius 3 is 2.52 bits per heavy atom. The van der Waals surface area contributed by atoms with Gasteiger partial charge in [-0.1, -0.05) is 26.7 Å². The molecule has 9 nitrogen and oxygen atoms in total. The van der Waals surface area contributed by atoms with E-state index < -0.39 is 37.5 Å². The average molecular weight is 477 g/mol. The minimum Gasteiger partial charge on any atom is -0.408 e. The molecule has 182 valence electrons. The lowest BCUT2D eigenvalue weighted by molar-refractivity contribution is -0.182. The summed E-state index contributed by atoms with van der Waals surface area (Å²) in [4.78, 5) is 31.1. The number of terminal acetylenes is 1. The molecule has 0 spiro atoms. The van der Waals surface area contributed by atoms with Crippen molar-refractivity contribution >= 4 is 8.32 Å². The summed E-state index contributed by atoms with van der Waals surface area (Å²) in [6.45, 7) is 16.4. The highest BCUT2D eigenvalue weighted by Gasteiger charge is 2.65. The summed E-state index contributed by atoms with van der Waals surface area (Å²) >= 11 is 0. The second kappa shape index (κ2) is 8.80. The first-order chi connectivity index (χ1) is 15.5. The van der Waals surface area contributed by atoms with Crippen molar-refractivity contribution in [2.24, 2.45) is 0 Å². The molecule has 0 saturated carbocycles. The van der Waals surface area contributed by atoms with E-state index in [0.717, 1.165) is 26.2 Å². The molecule has 3 aliphatic rings. The first-order valence-electron chi connectivity index (χ1n) is 11.6. The predicted molar refractivity (Wildman–Crippen MR) is 128 cm³/mol. The van der Waals surface area contributed by atoms with Gasteiger partial charge >= 0.3 is 5.69 Å². The van der Waals surface area contributed by atoms with Gasteiger partial charge in [-0.25, -0.2) is 4.79 Å². The van der Waals surface area contributed by atoms with Crippen molar-refractivity contribution in [2.45, 2.75) is 62.9 Å². The maximum absolute atomic E-state index is 12.6. The second-order valence-electron chi connectivity index (χ2n) is 10.9. The summed E-state index contributed by atoms with van der Waals surface area (Å²) in [5.41, 5.74) is -1.63. The molecular weight excluding hydrogens is 440 g/mol. The number of aromatic nitrogens is 2. The number of H-pyrrole nitrogens is 1. The number of nitrogens with one attached hydrogen (secondary N) is 1. The largest absolute Gasteiger partial charge is 0.408 e. The van der Waals surface area contributed by atoms with E-state index in [-0.39, 0.29) is 11.1 Å². The molecule has 3 aliphatic heterocycles. The maximum Gasteiger partial charge on any atom is 0.330 e. The smallest absolute Gasteiger partial charge is 0.330 e. The molecule has 0 aromatic carbocycles. The third-order valence-electron chi connectivity index (χ3n) is 7.60. The number of hydrogen-bond acceptors (Lipinski definition) is 7. The van der Waals surface area contributed by atoms with Crippen LogP contribution in [-0.4, -0.2) is 91.4 Å². The van der Waals surface area contributed by atoms with Gasteiger partial charge in [0.05, 0.1) is 13.2 Å². The van der Waals surface area contributed by atoms with E-state index in [9.17, 15) is 9.59 Å². The van der Waals surface area contributed by atoms with Gasteiger partial charge in [0.2, 0.25) is 0 Å². The second-order valence-corrected chi connectivity index (χ2v) is 15.7. The topological polar surface area (TPSA) is 89.0 Å². The average Bonchev–Trinajstić information content (AvgIpc) is 3.19. The van der Waals surface area contributed by atoms with Crippen molar-refractivity contribution in [3.8, 4) is 12.3 Å².